The first-order valence-corrected chi connectivity index (χ1v) is 5.27. The van der Waals surface area contributed by atoms with Gasteiger partial charge in [0.1, 0.15) is 5.76 Å². The summed E-state index contributed by atoms with van der Waals surface area (Å²) >= 11 is 1.16. The first-order chi connectivity index (χ1) is 7.34. The molecule has 88 valence electrons. The zero-order valence-corrected chi connectivity index (χ0v) is 9.15. The van der Waals surface area contributed by atoms with Crippen molar-refractivity contribution in [1.29, 1.82) is 0 Å². The molecule has 0 spiro atoms. The largest absolute Gasteiger partial charge is 0.506 e. The van der Waals surface area contributed by atoms with Crippen LogP contribution in [0.15, 0.2) is 18.2 Å². The SMILES string of the molecule is CCc1ccc(C(O)=CC(=O)C(F)(F)F)s1. The van der Waals surface area contributed by atoms with E-state index >= 15 is 0 Å². The fraction of sp³-hybridized carbons (Fsp3) is 0.300. The summed E-state index contributed by atoms with van der Waals surface area (Å²) in [4.78, 5) is 11.8. The highest BCUT2D eigenvalue weighted by atomic mass is 32.1. The molecular formula is C10H9F3O2S. The number of aliphatic hydroxyl groups is 1. The molecule has 0 saturated heterocycles. The summed E-state index contributed by atoms with van der Waals surface area (Å²) in [5, 5.41) is 9.31. The first-order valence-electron chi connectivity index (χ1n) is 4.45. The first kappa shape index (κ1) is 12.8. The van der Waals surface area contributed by atoms with Gasteiger partial charge in [0.15, 0.2) is 0 Å². The maximum atomic E-state index is 11.9. The maximum absolute atomic E-state index is 11.9. The fourth-order valence-electron chi connectivity index (χ4n) is 0.983. The van der Waals surface area contributed by atoms with Crippen molar-refractivity contribution in [2.45, 2.75) is 19.5 Å². The Morgan fingerprint density at radius 3 is 2.56 bits per heavy atom. The number of allylic oxidation sites excluding steroid dienone is 1. The van der Waals surface area contributed by atoms with Gasteiger partial charge in [-0.15, -0.1) is 11.3 Å². The van der Waals surface area contributed by atoms with E-state index in [2.05, 4.69) is 0 Å². The molecule has 0 aliphatic carbocycles. The summed E-state index contributed by atoms with van der Waals surface area (Å²) in [7, 11) is 0. The number of alkyl halides is 3. The minimum Gasteiger partial charge on any atom is -0.506 e. The molecule has 1 heterocycles. The third-order valence-corrected chi connectivity index (χ3v) is 3.06. The number of thiophene rings is 1. The van der Waals surface area contributed by atoms with E-state index in [1.807, 2.05) is 6.92 Å². The number of rotatable bonds is 3. The van der Waals surface area contributed by atoms with Crippen molar-refractivity contribution in [3.8, 4) is 0 Å². The van der Waals surface area contributed by atoms with Crippen molar-refractivity contribution < 1.29 is 23.1 Å². The van der Waals surface area contributed by atoms with Gasteiger partial charge in [0.25, 0.3) is 5.78 Å². The summed E-state index contributed by atoms with van der Waals surface area (Å²) < 4.78 is 35.7. The lowest BCUT2D eigenvalue weighted by Gasteiger charge is -2.00. The number of aryl methyl sites for hydroxylation is 1. The third kappa shape index (κ3) is 3.10. The van der Waals surface area contributed by atoms with E-state index in [4.69, 9.17) is 0 Å². The van der Waals surface area contributed by atoms with Crippen LogP contribution in [-0.4, -0.2) is 17.1 Å². The number of hydrogen-bond donors (Lipinski definition) is 1. The van der Waals surface area contributed by atoms with Crippen LogP contribution < -0.4 is 0 Å². The fourth-order valence-corrected chi connectivity index (χ4v) is 1.85. The molecule has 1 aromatic rings. The predicted molar refractivity (Wildman–Crippen MR) is 55.4 cm³/mol. The molecule has 0 saturated carbocycles. The second-order valence-corrected chi connectivity index (χ2v) is 4.18. The standard InChI is InChI=1S/C10H9F3O2S/c1-2-6-3-4-8(16-6)7(14)5-9(15)10(11,12)13/h3-5,14H,2H2,1H3. The van der Waals surface area contributed by atoms with Crippen molar-refractivity contribution in [1.82, 2.24) is 0 Å². The average Bonchev–Trinajstić information content (AvgIpc) is 2.64. The van der Waals surface area contributed by atoms with Gasteiger partial charge in [-0.25, -0.2) is 0 Å². The van der Waals surface area contributed by atoms with Crippen LogP contribution in [0.4, 0.5) is 13.2 Å². The van der Waals surface area contributed by atoms with Crippen molar-refractivity contribution in [3.05, 3.63) is 28.0 Å². The van der Waals surface area contributed by atoms with Gasteiger partial charge in [-0.05, 0) is 18.6 Å². The van der Waals surface area contributed by atoms with E-state index in [0.717, 1.165) is 22.6 Å². The van der Waals surface area contributed by atoms with Crippen LogP contribution in [0.25, 0.3) is 5.76 Å². The van der Waals surface area contributed by atoms with Crippen molar-refractivity contribution in [2.24, 2.45) is 0 Å². The molecule has 0 aromatic carbocycles. The molecular weight excluding hydrogens is 241 g/mol. The molecule has 0 atom stereocenters. The Hall–Kier alpha value is -1.30. The topological polar surface area (TPSA) is 37.3 Å². The van der Waals surface area contributed by atoms with Gasteiger partial charge in [0.2, 0.25) is 0 Å². The predicted octanol–water partition coefficient (Wildman–Crippen LogP) is 3.34. The maximum Gasteiger partial charge on any atom is 0.454 e. The highest BCUT2D eigenvalue weighted by molar-refractivity contribution is 7.13. The van der Waals surface area contributed by atoms with Gasteiger partial charge in [-0.2, -0.15) is 13.2 Å². The molecule has 2 nitrogen and oxygen atoms in total. The molecule has 0 amide bonds. The molecule has 0 aliphatic rings. The van der Waals surface area contributed by atoms with E-state index in [9.17, 15) is 23.1 Å². The van der Waals surface area contributed by atoms with Gasteiger partial charge in [0, 0.05) is 11.0 Å². The monoisotopic (exact) mass is 250 g/mol. The highest BCUT2D eigenvalue weighted by Crippen LogP contribution is 2.25. The zero-order chi connectivity index (χ0) is 12.3. The summed E-state index contributed by atoms with van der Waals surface area (Å²) in [6.07, 6.45) is -4.02. The van der Waals surface area contributed by atoms with E-state index in [0.29, 0.717) is 0 Å². The number of hydrogen-bond acceptors (Lipinski definition) is 3. The van der Waals surface area contributed by atoms with Crippen LogP contribution in [0.3, 0.4) is 0 Å². The van der Waals surface area contributed by atoms with Crippen molar-refractivity contribution in [2.75, 3.05) is 0 Å². The number of ketones is 1. The minimum absolute atomic E-state index is 0.200. The second-order valence-electron chi connectivity index (χ2n) is 3.01. The molecule has 0 unspecified atom stereocenters. The molecule has 1 rings (SSSR count). The molecule has 0 aliphatic heterocycles. The number of halogens is 3. The lowest BCUT2D eigenvalue weighted by molar-refractivity contribution is -0.165. The molecule has 6 heteroatoms. The number of carbonyl (C=O) groups is 1. The van der Waals surface area contributed by atoms with Gasteiger partial charge < -0.3 is 5.11 Å². The normalized spacial score (nSPS) is 12.9. The number of aliphatic hydroxyl groups excluding tert-OH is 1. The van der Waals surface area contributed by atoms with Crippen molar-refractivity contribution in [3.63, 3.8) is 0 Å². The zero-order valence-electron chi connectivity index (χ0n) is 8.34. The smallest absolute Gasteiger partial charge is 0.454 e. The second kappa shape index (κ2) is 4.69. The van der Waals surface area contributed by atoms with E-state index < -0.39 is 17.7 Å². The Morgan fingerprint density at radius 1 is 1.50 bits per heavy atom. The van der Waals surface area contributed by atoms with E-state index in [1.54, 1.807) is 6.07 Å². The lowest BCUT2D eigenvalue weighted by Crippen LogP contribution is -2.20. The van der Waals surface area contributed by atoms with E-state index in [1.165, 1.54) is 6.07 Å². The summed E-state index contributed by atoms with van der Waals surface area (Å²) in [6, 6.07) is 3.18. The Balaban J connectivity index is 2.89. The van der Waals surface area contributed by atoms with Gasteiger partial charge in [-0.1, -0.05) is 6.92 Å². The molecule has 0 fully saturated rings. The van der Waals surface area contributed by atoms with Crippen LogP contribution >= 0.6 is 11.3 Å². The van der Waals surface area contributed by atoms with Crippen molar-refractivity contribution >= 4 is 22.9 Å². The van der Waals surface area contributed by atoms with Gasteiger partial charge in [0.05, 0.1) is 4.88 Å². The van der Waals surface area contributed by atoms with Gasteiger partial charge >= 0.3 is 6.18 Å². The molecule has 1 aromatic heterocycles. The van der Waals surface area contributed by atoms with E-state index in [-0.39, 0.29) is 11.0 Å². The Labute approximate surface area is 94.0 Å². The lowest BCUT2D eigenvalue weighted by atomic mass is 10.3. The average molecular weight is 250 g/mol. The summed E-state index contributed by atoms with van der Waals surface area (Å²) in [5.41, 5.74) is 0. The third-order valence-electron chi connectivity index (χ3n) is 1.81. The van der Waals surface area contributed by atoms with Crippen LogP contribution in [0.5, 0.6) is 0 Å². The Bertz CT molecular complexity index is 418. The highest BCUT2D eigenvalue weighted by Gasteiger charge is 2.37. The summed E-state index contributed by atoms with van der Waals surface area (Å²) in [5.74, 6) is -2.71. The van der Waals surface area contributed by atoms with Gasteiger partial charge in [-0.3, -0.25) is 4.79 Å². The van der Waals surface area contributed by atoms with Crippen LogP contribution in [0.2, 0.25) is 0 Å². The van der Waals surface area contributed by atoms with Crippen LogP contribution in [-0.2, 0) is 11.2 Å². The quantitative estimate of drug-likeness (QED) is 0.660. The number of carbonyl (C=O) groups excluding carboxylic acids is 1. The molecule has 1 N–H and O–H groups in total. The minimum atomic E-state index is -4.95. The molecule has 16 heavy (non-hydrogen) atoms. The molecule has 0 bridgehead atoms. The Morgan fingerprint density at radius 2 is 2.12 bits per heavy atom. The van der Waals surface area contributed by atoms with Crippen LogP contribution in [0, 0.1) is 0 Å². The van der Waals surface area contributed by atoms with Crippen LogP contribution in [0.1, 0.15) is 16.7 Å². The molecule has 0 radical (unpaired) electrons. The Kier molecular flexibility index (Phi) is 3.74. The summed E-state index contributed by atoms with van der Waals surface area (Å²) in [6.45, 7) is 1.89.